The van der Waals surface area contributed by atoms with E-state index in [-0.39, 0.29) is 12.0 Å². The minimum atomic E-state index is -0.500. The van der Waals surface area contributed by atoms with Crippen LogP contribution in [-0.4, -0.2) is 58.7 Å². The molecule has 42 heavy (non-hydrogen) atoms. The number of hydrogen-bond donors (Lipinski definition) is 0. The summed E-state index contributed by atoms with van der Waals surface area (Å²) in [7, 11) is 0. The molecule has 1 aromatic carbocycles. The smallest absolute Gasteiger partial charge is 0.409 e. The van der Waals surface area contributed by atoms with Crippen LogP contribution in [-0.2, 0) is 16.6 Å². The summed E-state index contributed by atoms with van der Waals surface area (Å²) in [5.74, 6) is 1.24. The number of halogens is 2. The first-order valence-electron chi connectivity index (χ1n) is 15.0. The third-order valence-corrected chi connectivity index (χ3v) is 9.29. The first-order valence-corrected chi connectivity index (χ1v) is 15.4. The molecule has 2 aliphatic rings. The number of unbranched alkanes of at least 4 members (excludes halogenated alkanes) is 2. The number of piperidine rings is 1. The molecule has 2 unspecified atom stereocenters. The van der Waals surface area contributed by atoms with Crippen LogP contribution in [0.3, 0.4) is 0 Å². The van der Waals surface area contributed by atoms with Crippen molar-refractivity contribution in [3.05, 3.63) is 58.9 Å². The van der Waals surface area contributed by atoms with Crippen molar-refractivity contribution in [1.29, 1.82) is 0 Å². The topological polar surface area (TPSA) is 84.6 Å². The maximum absolute atomic E-state index is 14.5. The number of carbonyl (C=O) groups is 1. The van der Waals surface area contributed by atoms with E-state index in [0.717, 1.165) is 85.3 Å². The van der Waals surface area contributed by atoms with E-state index in [9.17, 15) is 9.18 Å². The quantitative estimate of drug-likeness (QED) is 0.156. The predicted octanol–water partition coefficient (Wildman–Crippen LogP) is 7.31. The van der Waals surface area contributed by atoms with E-state index in [4.69, 9.17) is 30.7 Å². The highest BCUT2D eigenvalue weighted by atomic mass is 35.5. The molecule has 10 heteroatoms. The van der Waals surface area contributed by atoms with E-state index in [1.54, 1.807) is 11.0 Å². The molecule has 0 saturated carbocycles. The Morgan fingerprint density at radius 3 is 2.79 bits per heavy atom. The Morgan fingerprint density at radius 1 is 1.17 bits per heavy atom. The van der Waals surface area contributed by atoms with Gasteiger partial charge in [-0.3, -0.25) is 0 Å². The summed E-state index contributed by atoms with van der Waals surface area (Å²) < 4.78 is 26.3. The van der Waals surface area contributed by atoms with Gasteiger partial charge in [0.2, 0.25) is 5.95 Å². The van der Waals surface area contributed by atoms with Crippen LogP contribution in [0.5, 0.6) is 0 Å². The van der Waals surface area contributed by atoms with Crippen molar-refractivity contribution in [1.82, 2.24) is 19.9 Å². The number of anilines is 1. The van der Waals surface area contributed by atoms with Crippen LogP contribution in [0.2, 0.25) is 5.02 Å². The van der Waals surface area contributed by atoms with E-state index in [1.165, 1.54) is 6.20 Å². The fraction of sp³-hybridized carbons (Fsp3) is 0.500. The summed E-state index contributed by atoms with van der Waals surface area (Å²) in [5.41, 5.74) is 2.54. The van der Waals surface area contributed by atoms with Crippen molar-refractivity contribution in [3.8, 4) is 0 Å². The number of benzene rings is 1. The van der Waals surface area contributed by atoms with Gasteiger partial charge in [0.15, 0.2) is 11.4 Å². The molecule has 2 saturated heterocycles. The largest absolute Gasteiger partial charge is 0.450 e. The van der Waals surface area contributed by atoms with Crippen LogP contribution in [0.1, 0.15) is 63.8 Å². The van der Waals surface area contributed by atoms with Gasteiger partial charge in [0.1, 0.15) is 16.9 Å². The monoisotopic (exact) mass is 593 g/mol. The molecule has 6 rings (SSSR count). The van der Waals surface area contributed by atoms with Crippen LogP contribution < -0.4 is 4.90 Å². The highest BCUT2D eigenvalue weighted by molar-refractivity contribution is 6.30. The van der Waals surface area contributed by atoms with Gasteiger partial charge in [-0.25, -0.2) is 19.7 Å². The molecular formula is C32H37ClFN5O3. The molecule has 0 N–H and O–H groups in total. The minimum Gasteiger partial charge on any atom is -0.450 e. The van der Waals surface area contributed by atoms with Crippen molar-refractivity contribution < 1.29 is 18.3 Å². The van der Waals surface area contributed by atoms with E-state index in [1.807, 2.05) is 32.0 Å². The predicted molar refractivity (Wildman–Crippen MR) is 162 cm³/mol. The molecule has 4 aromatic rings. The number of amides is 1. The number of fused-ring (bicyclic) bond motifs is 3. The summed E-state index contributed by atoms with van der Waals surface area (Å²) in [5, 5.41) is 1.43. The normalized spacial score (nSPS) is 21.0. The third-order valence-electron chi connectivity index (χ3n) is 9.09. The standard InChI is InChI=1S/C32H37ClFN5O3/c1-21-20-39(16-13-32(21,2)24-18-22(33)19-35-29(24)34)31(40)41-17-9-3-4-12-26-36-27-23-10-5-6-11-25(23)42-28(27)30(37-26)38-14-7-8-15-38/h5-6,10-11,18-19,21H,3-4,7-9,12-17,20H2,1-2H3. The first kappa shape index (κ1) is 28.6. The second kappa shape index (κ2) is 12.0. The van der Waals surface area contributed by atoms with E-state index in [0.29, 0.717) is 36.7 Å². The molecular weight excluding hydrogens is 557 g/mol. The van der Waals surface area contributed by atoms with Gasteiger partial charge in [0, 0.05) is 55.2 Å². The number of pyridine rings is 1. The van der Waals surface area contributed by atoms with Gasteiger partial charge in [0.25, 0.3) is 0 Å². The van der Waals surface area contributed by atoms with Gasteiger partial charge in [0.05, 0.1) is 11.6 Å². The summed E-state index contributed by atoms with van der Waals surface area (Å²) in [6.07, 6.45) is 7.25. The van der Waals surface area contributed by atoms with E-state index >= 15 is 0 Å². The molecule has 0 bridgehead atoms. The lowest BCUT2D eigenvalue weighted by molar-refractivity contribution is 0.0640. The average Bonchev–Trinajstić information content (AvgIpc) is 3.66. The second-order valence-electron chi connectivity index (χ2n) is 11.9. The van der Waals surface area contributed by atoms with Crippen molar-refractivity contribution in [2.24, 2.45) is 5.92 Å². The highest BCUT2D eigenvalue weighted by Crippen LogP contribution is 2.41. The van der Waals surface area contributed by atoms with Crippen molar-refractivity contribution in [2.75, 3.05) is 37.7 Å². The Kier molecular flexibility index (Phi) is 8.21. The number of likely N-dealkylation sites (tertiary alicyclic amines) is 1. The minimum absolute atomic E-state index is 0.0173. The Labute approximate surface area is 250 Å². The summed E-state index contributed by atoms with van der Waals surface area (Å²) in [6.45, 7) is 7.35. The maximum Gasteiger partial charge on any atom is 0.409 e. The van der Waals surface area contributed by atoms with Gasteiger partial charge >= 0.3 is 6.09 Å². The lowest BCUT2D eigenvalue weighted by Gasteiger charge is -2.44. The molecule has 3 aromatic heterocycles. The van der Waals surface area contributed by atoms with E-state index < -0.39 is 11.4 Å². The number of hydrogen-bond acceptors (Lipinski definition) is 7. The number of furan rings is 1. The Morgan fingerprint density at radius 2 is 1.98 bits per heavy atom. The average molecular weight is 594 g/mol. The Bertz CT molecular complexity index is 1590. The molecule has 0 radical (unpaired) electrons. The second-order valence-corrected chi connectivity index (χ2v) is 12.3. The Balaban J connectivity index is 1.00. The van der Waals surface area contributed by atoms with Gasteiger partial charge in [-0.05, 0) is 62.6 Å². The molecule has 0 aliphatic carbocycles. The number of aryl methyl sites for hydroxylation is 1. The summed E-state index contributed by atoms with van der Waals surface area (Å²) >= 11 is 6.10. The van der Waals surface area contributed by atoms with Crippen molar-refractivity contribution in [3.63, 3.8) is 0 Å². The highest BCUT2D eigenvalue weighted by Gasteiger charge is 2.41. The lowest BCUT2D eigenvalue weighted by Crippen LogP contribution is -2.50. The van der Waals surface area contributed by atoms with Crippen molar-refractivity contribution in [2.45, 2.75) is 64.2 Å². The van der Waals surface area contributed by atoms with Crippen molar-refractivity contribution >= 4 is 45.6 Å². The molecule has 8 nitrogen and oxygen atoms in total. The molecule has 2 aliphatic heterocycles. The van der Waals surface area contributed by atoms with Crippen LogP contribution in [0.15, 0.2) is 40.9 Å². The fourth-order valence-corrected chi connectivity index (χ4v) is 6.47. The number of rotatable bonds is 8. The molecule has 222 valence electrons. The van der Waals surface area contributed by atoms with Gasteiger partial charge in [-0.2, -0.15) is 4.39 Å². The maximum atomic E-state index is 14.5. The van der Waals surface area contributed by atoms with Crippen LogP contribution in [0, 0.1) is 11.9 Å². The first-order chi connectivity index (χ1) is 20.3. The number of ether oxygens (including phenoxy) is 1. The molecule has 2 atom stereocenters. The fourth-order valence-electron chi connectivity index (χ4n) is 6.32. The Hall–Kier alpha value is -3.46. The van der Waals surface area contributed by atoms with Gasteiger partial charge in [-0.15, -0.1) is 0 Å². The molecule has 0 spiro atoms. The van der Waals surface area contributed by atoms with Crippen LogP contribution in [0.25, 0.3) is 22.1 Å². The number of carbonyl (C=O) groups excluding carboxylic acids is 1. The third kappa shape index (κ3) is 5.63. The van der Waals surface area contributed by atoms with Crippen LogP contribution >= 0.6 is 11.6 Å². The zero-order valence-corrected chi connectivity index (χ0v) is 25.0. The number of aromatic nitrogens is 3. The summed E-state index contributed by atoms with van der Waals surface area (Å²) in [6, 6.07) is 9.67. The van der Waals surface area contributed by atoms with Gasteiger partial charge < -0.3 is 19.0 Å². The number of nitrogens with zero attached hydrogens (tertiary/aromatic N) is 5. The zero-order valence-electron chi connectivity index (χ0n) is 24.2. The van der Waals surface area contributed by atoms with Crippen LogP contribution in [0.4, 0.5) is 15.0 Å². The number of para-hydroxylation sites is 1. The molecule has 5 heterocycles. The van der Waals surface area contributed by atoms with Gasteiger partial charge in [-0.1, -0.05) is 37.6 Å². The zero-order chi connectivity index (χ0) is 29.3. The molecule has 1 amide bonds. The SMILES string of the molecule is CC1CN(C(=O)OCCCCCc2nc(N3CCCC3)c3oc4ccccc4c3n2)CCC1(C)c1cc(Cl)cnc1F. The summed E-state index contributed by atoms with van der Waals surface area (Å²) in [4.78, 5) is 30.5. The van der Waals surface area contributed by atoms with E-state index in [2.05, 4.69) is 16.0 Å². The lowest BCUT2D eigenvalue weighted by atomic mass is 9.68. The molecule has 2 fully saturated rings.